The quantitative estimate of drug-likeness (QED) is 0.499. The van der Waals surface area contributed by atoms with Gasteiger partial charge in [0, 0.05) is 22.3 Å². The predicted octanol–water partition coefficient (Wildman–Crippen LogP) is 6.95. The molecular formula is C26H28ClN3OS. The maximum absolute atomic E-state index is 12.6. The molecule has 2 aliphatic heterocycles. The molecular weight excluding hydrogens is 438 g/mol. The summed E-state index contributed by atoms with van der Waals surface area (Å²) in [7, 11) is 0. The van der Waals surface area contributed by atoms with E-state index >= 15 is 0 Å². The van der Waals surface area contributed by atoms with Crippen molar-refractivity contribution in [1.82, 2.24) is 5.32 Å². The first-order valence-electron chi connectivity index (χ1n) is 10.7. The Balaban J connectivity index is 1.70. The fourth-order valence-electron chi connectivity index (χ4n) is 4.60. The van der Waals surface area contributed by atoms with E-state index in [0.29, 0.717) is 26.8 Å². The lowest BCUT2D eigenvalue weighted by molar-refractivity contribution is -0.115. The van der Waals surface area contributed by atoms with Crippen molar-refractivity contribution in [3.8, 4) is 0 Å². The highest BCUT2D eigenvalue weighted by molar-refractivity contribution is 8.18. The van der Waals surface area contributed by atoms with Crippen molar-refractivity contribution < 1.29 is 4.79 Å². The summed E-state index contributed by atoms with van der Waals surface area (Å²) < 4.78 is 0. The number of allylic oxidation sites excluding steroid dienone is 1. The average Bonchev–Trinajstić information content (AvgIpc) is 3.00. The zero-order valence-electron chi connectivity index (χ0n) is 19.3. The molecule has 1 N–H and O–H groups in total. The van der Waals surface area contributed by atoms with Gasteiger partial charge in [-0.1, -0.05) is 23.7 Å². The van der Waals surface area contributed by atoms with Crippen LogP contribution in [-0.4, -0.2) is 22.7 Å². The van der Waals surface area contributed by atoms with E-state index < -0.39 is 0 Å². The van der Waals surface area contributed by atoms with E-state index in [4.69, 9.17) is 11.6 Å². The van der Waals surface area contributed by atoms with E-state index in [0.717, 1.165) is 11.1 Å². The number of benzene rings is 2. The molecule has 0 saturated carbocycles. The molecule has 0 radical (unpaired) electrons. The average molecular weight is 466 g/mol. The monoisotopic (exact) mass is 465 g/mol. The number of hydrogen-bond donors (Lipinski definition) is 1. The molecule has 32 heavy (non-hydrogen) atoms. The molecule has 1 saturated heterocycles. The molecule has 0 unspecified atom stereocenters. The molecule has 0 atom stereocenters. The van der Waals surface area contributed by atoms with Gasteiger partial charge >= 0.3 is 0 Å². The van der Waals surface area contributed by atoms with Crippen LogP contribution in [0.25, 0.3) is 11.6 Å². The van der Waals surface area contributed by atoms with Crippen LogP contribution in [-0.2, 0) is 4.79 Å². The smallest absolute Gasteiger partial charge is 0.264 e. The molecule has 1 fully saturated rings. The Labute approximate surface area is 199 Å². The number of anilines is 1. The van der Waals surface area contributed by atoms with Crippen LogP contribution >= 0.6 is 23.4 Å². The Bertz CT molecular complexity index is 1190. The largest absolute Gasteiger partial charge is 0.360 e. The number of rotatable bonds is 3. The zero-order valence-corrected chi connectivity index (χ0v) is 20.9. The van der Waals surface area contributed by atoms with Crippen LogP contribution in [0.4, 0.5) is 11.4 Å². The summed E-state index contributed by atoms with van der Waals surface area (Å²) in [5.41, 5.74) is 6.56. The number of amides is 1. The van der Waals surface area contributed by atoms with Crippen LogP contribution in [0.5, 0.6) is 0 Å². The maximum atomic E-state index is 12.6. The molecule has 2 aromatic rings. The summed E-state index contributed by atoms with van der Waals surface area (Å²) in [5, 5.41) is 4.03. The fourth-order valence-corrected chi connectivity index (χ4v) is 5.61. The lowest BCUT2D eigenvalue weighted by atomic mass is 9.86. The van der Waals surface area contributed by atoms with E-state index in [-0.39, 0.29) is 11.4 Å². The number of thioether (sulfide) groups is 1. The first-order chi connectivity index (χ1) is 15.0. The van der Waals surface area contributed by atoms with Crippen molar-refractivity contribution in [2.75, 3.05) is 4.90 Å². The summed E-state index contributed by atoms with van der Waals surface area (Å²) in [6.07, 6.45) is 4.29. The number of nitrogens with one attached hydrogen (secondary N) is 1. The third-order valence-corrected chi connectivity index (χ3v) is 6.90. The Kier molecular flexibility index (Phi) is 5.99. The normalized spacial score (nSPS) is 20.1. The molecule has 4 rings (SSSR count). The number of carbonyl (C=O) groups excluding carboxylic acids is 1. The number of amidine groups is 1. The maximum Gasteiger partial charge on any atom is 0.264 e. The van der Waals surface area contributed by atoms with E-state index in [1.165, 1.54) is 28.6 Å². The third kappa shape index (κ3) is 4.37. The van der Waals surface area contributed by atoms with Gasteiger partial charge in [0.05, 0.1) is 16.1 Å². The second-order valence-electron chi connectivity index (χ2n) is 9.13. The van der Waals surface area contributed by atoms with Crippen molar-refractivity contribution in [3.63, 3.8) is 0 Å². The second-order valence-corrected chi connectivity index (χ2v) is 10.6. The molecule has 2 heterocycles. The van der Waals surface area contributed by atoms with Gasteiger partial charge < -0.3 is 10.2 Å². The van der Waals surface area contributed by atoms with Gasteiger partial charge in [-0.05, 0) is 106 Å². The van der Waals surface area contributed by atoms with E-state index in [1.54, 1.807) is 12.1 Å². The molecule has 0 spiro atoms. The molecule has 0 aromatic heterocycles. The van der Waals surface area contributed by atoms with Gasteiger partial charge in [-0.2, -0.15) is 0 Å². The molecule has 6 heteroatoms. The minimum Gasteiger partial charge on any atom is -0.360 e. The molecule has 2 aromatic carbocycles. The lowest BCUT2D eigenvalue weighted by Gasteiger charge is -2.46. The minimum atomic E-state index is -0.134. The van der Waals surface area contributed by atoms with E-state index in [9.17, 15) is 4.79 Å². The number of carbonyl (C=O) groups is 1. The standard InChI is InChI=1S/C26H28ClN3OS/c1-15(2)30-22-10-16(3)18(11-21(22)17(4)14-26(30,5)6)12-23-24(31)29-25(32-23)28-20-9-7-8-19(27)13-20/h7-15H,1-6H3,(H,28,29,31)/b23-12-. The number of fused-ring (bicyclic) bond motifs is 1. The van der Waals surface area contributed by atoms with Gasteiger partial charge in [0.1, 0.15) is 0 Å². The number of aryl methyl sites for hydroxylation is 1. The van der Waals surface area contributed by atoms with E-state index in [2.05, 4.69) is 75.0 Å². The van der Waals surface area contributed by atoms with Gasteiger partial charge in [0.15, 0.2) is 5.17 Å². The first kappa shape index (κ1) is 22.7. The van der Waals surface area contributed by atoms with Gasteiger partial charge in [0.25, 0.3) is 5.91 Å². The summed E-state index contributed by atoms with van der Waals surface area (Å²) in [6.45, 7) is 13.2. The summed E-state index contributed by atoms with van der Waals surface area (Å²) in [6, 6.07) is 12.1. The van der Waals surface area contributed by atoms with Gasteiger partial charge in [-0.3, -0.25) is 4.79 Å². The van der Waals surface area contributed by atoms with Crippen LogP contribution < -0.4 is 10.2 Å². The molecule has 166 valence electrons. The Morgan fingerprint density at radius 2 is 1.94 bits per heavy atom. The van der Waals surface area contributed by atoms with Crippen molar-refractivity contribution in [2.24, 2.45) is 4.99 Å². The highest BCUT2D eigenvalue weighted by Gasteiger charge is 2.33. The first-order valence-corrected chi connectivity index (χ1v) is 11.9. The second kappa shape index (κ2) is 8.45. The lowest BCUT2D eigenvalue weighted by Crippen LogP contribution is -2.49. The van der Waals surface area contributed by atoms with Crippen molar-refractivity contribution >= 4 is 57.5 Å². The summed E-state index contributed by atoms with van der Waals surface area (Å²) >= 11 is 7.40. The molecule has 1 amide bonds. The topological polar surface area (TPSA) is 44.7 Å². The van der Waals surface area contributed by atoms with Gasteiger partial charge in [-0.15, -0.1) is 0 Å². The fraction of sp³-hybridized carbons (Fsp3) is 0.308. The Morgan fingerprint density at radius 3 is 2.62 bits per heavy atom. The zero-order chi connectivity index (χ0) is 23.2. The number of hydrogen-bond acceptors (Lipinski definition) is 4. The van der Waals surface area contributed by atoms with Crippen molar-refractivity contribution in [2.45, 2.75) is 53.1 Å². The third-order valence-electron chi connectivity index (χ3n) is 5.75. The van der Waals surface area contributed by atoms with Crippen molar-refractivity contribution in [3.05, 3.63) is 69.1 Å². The van der Waals surface area contributed by atoms with E-state index in [1.807, 2.05) is 18.2 Å². The van der Waals surface area contributed by atoms with Crippen LogP contribution in [0.3, 0.4) is 0 Å². The number of aliphatic imine (C=N–C) groups is 1. The molecule has 4 nitrogen and oxygen atoms in total. The Hall–Kier alpha value is -2.50. The van der Waals surface area contributed by atoms with Crippen LogP contribution in [0.2, 0.25) is 5.02 Å². The van der Waals surface area contributed by atoms with Crippen LogP contribution in [0, 0.1) is 6.92 Å². The Morgan fingerprint density at radius 1 is 1.19 bits per heavy atom. The minimum absolute atomic E-state index is 0.0510. The van der Waals surface area contributed by atoms with Crippen molar-refractivity contribution in [1.29, 1.82) is 0 Å². The highest BCUT2D eigenvalue weighted by atomic mass is 35.5. The molecule has 0 bridgehead atoms. The molecule has 0 aliphatic carbocycles. The SMILES string of the molecule is CC1=CC(C)(C)N(C(C)C)c2cc(C)c(/C=C3\SC(=Nc4cccc(Cl)c4)NC3=O)cc21. The summed E-state index contributed by atoms with van der Waals surface area (Å²) in [5.74, 6) is -0.134. The number of halogens is 1. The van der Waals surface area contributed by atoms with Gasteiger partial charge in [0.2, 0.25) is 0 Å². The highest BCUT2D eigenvalue weighted by Crippen LogP contribution is 2.42. The van der Waals surface area contributed by atoms with Crippen LogP contribution in [0.15, 0.2) is 52.4 Å². The predicted molar refractivity (Wildman–Crippen MR) is 139 cm³/mol. The molecule has 2 aliphatic rings. The number of nitrogens with zero attached hydrogens (tertiary/aromatic N) is 2. The summed E-state index contributed by atoms with van der Waals surface area (Å²) in [4.78, 5) is 20.2. The van der Waals surface area contributed by atoms with Crippen LogP contribution in [0.1, 0.15) is 51.3 Å². The van der Waals surface area contributed by atoms with Gasteiger partial charge in [-0.25, -0.2) is 4.99 Å².